The van der Waals surface area contributed by atoms with Gasteiger partial charge in [-0.2, -0.15) is 0 Å². The van der Waals surface area contributed by atoms with Crippen molar-refractivity contribution in [2.75, 3.05) is 59.6 Å². The third kappa shape index (κ3) is 4.13. The summed E-state index contributed by atoms with van der Waals surface area (Å²) in [5.41, 5.74) is -0.932. The van der Waals surface area contributed by atoms with Crippen molar-refractivity contribution in [3.05, 3.63) is 0 Å². The van der Waals surface area contributed by atoms with Gasteiger partial charge in [-0.3, -0.25) is 19.3 Å². The lowest BCUT2D eigenvalue weighted by Gasteiger charge is -2.34. The molecule has 4 fully saturated rings. The van der Waals surface area contributed by atoms with Gasteiger partial charge in [0.2, 0.25) is 17.7 Å². The van der Waals surface area contributed by atoms with Gasteiger partial charge < -0.3 is 30.1 Å². The van der Waals surface area contributed by atoms with Gasteiger partial charge in [-0.1, -0.05) is 0 Å². The number of unbranched alkanes of at least 4 members (excludes halogenated alkanes) is 2. The highest BCUT2D eigenvalue weighted by molar-refractivity contribution is 5.98. The molecule has 0 aromatic carbocycles. The van der Waals surface area contributed by atoms with Crippen molar-refractivity contribution in [1.82, 2.24) is 20.4 Å². The molecule has 3 amide bonds. The predicted octanol–water partition coefficient (Wildman–Crippen LogP) is -1.28. The highest BCUT2D eigenvalue weighted by Crippen LogP contribution is 2.58. The normalized spacial score (nSPS) is 34.1. The highest BCUT2D eigenvalue weighted by atomic mass is 16.5. The summed E-state index contributed by atoms with van der Waals surface area (Å²) in [5.74, 6) is -1.71. The van der Waals surface area contributed by atoms with Crippen LogP contribution < -0.4 is 10.6 Å². The molecule has 5 atom stereocenters. The summed E-state index contributed by atoms with van der Waals surface area (Å²) >= 11 is 0. The molecule has 0 radical (unpaired) electrons. The van der Waals surface area contributed by atoms with Crippen LogP contribution in [0.25, 0.3) is 0 Å². The molecule has 1 spiro atoms. The molecular formula is C22H36N4O6. The summed E-state index contributed by atoms with van der Waals surface area (Å²) in [5, 5.41) is 14.8. The number of nitrogens with zero attached hydrogens (tertiary/aromatic N) is 2. The number of hydrogen-bond acceptors (Lipinski definition) is 7. The van der Waals surface area contributed by atoms with Crippen LogP contribution in [0.3, 0.4) is 0 Å². The van der Waals surface area contributed by atoms with Crippen molar-refractivity contribution < 1.29 is 29.0 Å². The Balaban J connectivity index is 1.49. The number of rotatable bonds is 10. The minimum absolute atomic E-state index is 0.107. The summed E-state index contributed by atoms with van der Waals surface area (Å²) in [7, 11) is 1.57. The van der Waals surface area contributed by atoms with E-state index in [1.54, 1.807) is 11.9 Å². The van der Waals surface area contributed by atoms with Crippen molar-refractivity contribution >= 4 is 17.7 Å². The first-order valence-corrected chi connectivity index (χ1v) is 11.9. The van der Waals surface area contributed by atoms with Crippen LogP contribution in [0.5, 0.6) is 0 Å². The van der Waals surface area contributed by atoms with Crippen molar-refractivity contribution in [2.45, 2.75) is 49.9 Å². The second kappa shape index (κ2) is 10.0. The fourth-order valence-corrected chi connectivity index (χ4v) is 5.99. The zero-order valence-corrected chi connectivity index (χ0v) is 18.9. The van der Waals surface area contributed by atoms with Crippen LogP contribution in [0, 0.1) is 11.8 Å². The van der Waals surface area contributed by atoms with Gasteiger partial charge in [0.1, 0.15) is 11.6 Å². The van der Waals surface area contributed by atoms with E-state index < -0.39 is 23.5 Å². The third-order valence-electron chi connectivity index (χ3n) is 7.49. The van der Waals surface area contributed by atoms with E-state index in [-0.39, 0.29) is 30.4 Å². The molecule has 4 rings (SSSR count). The minimum atomic E-state index is -0.932. The van der Waals surface area contributed by atoms with E-state index >= 15 is 0 Å². The van der Waals surface area contributed by atoms with E-state index in [0.717, 1.165) is 26.1 Å². The molecule has 4 saturated heterocycles. The van der Waals surface area contributed by atoms with Gasteiger partial charge >= 0.3 is 0 Å². The molecule has 3 N–H and O–H groups in total. The molecule has 180 valence electrons. The number of amides is 3. The lowest BCUT2D eigenvalue weighted by atomic mass is 9.70. The largest absolute Gasteiger partial charge is 0.396 e. The molecule has 4 aliphatic heterocycles. The smallest absolute Gasteiger partial charge is 0.245 e. The van der Waals surface area contributed by atoms with Crippen molar-refractivity contribution in [2.24, 2.45) is 11.8 Å². The number of carbonyl (C=O) groups excluding carboxylic acids is 3. The summed E-state index contributed by atoms with van der Waals surface area (Å²) < 4.78 is 11.7. The monoisotopic (exact) mass is 452 g/mol. The number of ether oxygens (including phenoxy) is 2. The zero-order chi connectivity index (χ0) is 22.7. The second-order valence-corrected chi connectivity index (χ2v) is 9.23. The maximum Gasteiger partial charge on any atom is 0.245 e. The molecule has 0 aromatic rings. The SMILES string of the molecule is CNC(=O)[C@@H]1[C@@H]2CCC3(O2)C(C(=O)NCCN2CCOCC2)N(CCCCCO)C(=O)[C@H]13. The molecule has 0 saturated carbocycles. The lowest BCUT2D eigenvalue weighted by Crippen LogP contribution is -2.56. The van der Waals surface area contributed by atoms with E-state index in [1.807, 2.05) is 0 Å². The van der Waals surface area contributed by atoms with Crippen LogP contribution in [-0.2, 0) is 23.9 Å². The fourth-order valence-electron chi connectivity index (χ4n) is 5.99. The maximum atomic E-state index is 13.5. The van der Waals surface area contributed by atoms with Gasteiger partial charge in [-0.05, 0) is 32.1 Å². The van der Waals surface area contributed by atoms with Crippen molar-refractivity contribution in [1.29, 1.82) is 0 Å². The number of aliphatic hydroxyl groups is 1. The van der Waals surface area contributed by atoms with Gasteiger partial charge in [0.25, 0.3) is 0 Å². The molecule has 32 heavy (non-hydrogen) atoms. The third-order valence-corrected chi connectivity index (χ3v) is 7.49. The van der Waals surface area contributed by atoms with Crippen LogP contribution in [-0.4, -0.2) is 110 Å². The minimum Gasteiger partial charge on any atom is -0.396 e. The van der Waals surface area contributed by atoms with Gasteiger partial charge in [0.15, 0.2) is 0 Å². The van der Waals surface area contributed by atoms with E-state index in [1.165, 1.54) is 0 Å². The predicted molar refractivity (Wildman–Crippen MR) is 115 cm³/mol. The number of carbonyl (C=O) groups is 3. The number of nitrogens with one attached hydrogen (secondary N) is 2. The number of morpholine rings is 1. The first kappa shape index (κ1) is 23.4. The molecule has 4 heterocycles. The Morgan fingerprint density at radius 1 is 1.16 bits per heavy atom. The van der Waals surface area contributed by atoms with Gasteiger partial charge in [-0.25, -0.2) is 0 Å². The lowest BCUT2D eigenvalue weighted by molar-refractivity contribution is -0.142. The standard InChI is InChI=1S/C22H36N4O6/c1-23-19(28)16-15-5-6-22(32-15)17(16)21(30)26(8-3-2-4-12-27)18(22)20(29)24-7-9-25-10-13-31-14-11-25/h15-18,27H,2-14H2,1H3,(H,23,28)(H,24,29)/t15-,16+,17-,18?,22?/m0/s1. The van der Waals surface area contributed by atoms with E-state index in [2.05, 4.69) is 15.5 Å². The van der Waals surface area contributed by atoms with Crippen molar-refractivity contribution in [3.8, 4) is 0 Å². The quantitative estimate of drug-likeness (QED) is 0.353. The summed E-state index contributed by atoms with van der Waals surface area (Å²) in [4.78, 5) is 43.5. The van der Waals surface area contributed by atoms with Crippen LogP contribution in [0.2, 0.25) is 0 Å². The molecular weight excluding hydrogens is 416 g/mol. The Hall–Kier alpha value is -1.75. The van der Waals surface area contributed by atoms with Crippen LogP contribution >= 0.6 is 0 Å². The second-order valence-electron chi connectivity index (χ2n) is 9.23. The maximum absolute atomic E-state index is 13.5. The Labute approximate surface area is 189 Å². The Bertz CT molecular complexity index is 715. The van der Waals surface area contributed by atoms with Crippen molar-refractivity contribution in [3.63, 3.8) is 0 Å². The topological polar surface area (TPSA) is 120 Å². The summed E-state index contributed by atoms with van der Waals surface area (Å²) in [6, 6.07) is -0.724. The van der Waals surface area contributed by atoms with Crippen LogP contribution in [0.1, 0.15) is 32.1 Å². The molecule has 10 heteroatoms. The first-order chi connectivity index (χ1) is 15.5. The zero-order valence-electron chi connectivity index (χ0n) is 18.9. The number of aliphatic hydroxyl groups excluding tert-OH is 1. The first-order valence-electron chi connectivity index (χ1n) is 11.9. The fraction of sp³-hybridized carbons (Fsp3) is 0.864. The number of hydrogen-bond donors (Lipinski definition) is 3. The van der Waals surface area contributed by atoms with E-state index in [4.69, 9.17) is 14.6 Å². The Kier molecular flexibility index (Phi) is 7.34. The average molecular weight is 453 g/mol. The molecule has 2 bridgehead atoms. The Morgan fingerprint density at radius 2 is 1.94 bits per heavy atom. The van der Waals surface area contributed by atoms with E-state index in [0.29, 0.717) is 52.0 Å². The summed E-state index contributed by atoms with van der Waals surface area (Å²) in [6.45, 7) is 4.85. The van der Waals surface area contributed by atoms with Gasteiger partial charge in [0.05, 0.1) is 31.2 Å². The van der Waals surface area contributed by atoms with Crippen LogP contribution in [0.4, 0.5) is 0 Å². The molecule has 0 aliphatic carbocycles. The Morgan fingerprint density at radius 3 is 2.66 bits per heavy atom. The number of likely N-dealkylation sites (tertiary alicyclic amines) is 1. The molecule has 2 unspecified atom stereocenters. The highest BCUT2D eigenvalue weighted by Gasteiger charge is 2.74. The molecule has 4 aliphatic rings. The molecule has 10 nitrogen and oxygen atoms in total. The summed E-state index contributed by atoms with van der Waals surface area (Å²) in [6.07, 6.45) is 3.09. The average Bonchev–Trinajstić information content (AvgIpc) is 3.44. The molecule has 0 aromatic heterocycles. The van der Waals surface area contributed by atoms with Gasteiger partial charge in [0, 0.05) is 46.4 Å². The van der Waals surface area contributed by atoms with Crippen LogP contribution in [0.15, 0.2) is 0 Å². The number of fused-ring (bicyclic) bond motifs is 1. The van der Waals surface area contributed by atoms with E-state index in [9.17, 15) is 14.4 Å². The van der Waals surface area contributed by atoms with Gasteiger partial charge in [-0.15, -0.1) is 0 Å².